The van der Waals surface area contributed by atoms with Gasteiger partial charge < -0.3 is 19.5 Å². The van der Waals surface area contributed by atoms with Crippen LogP contribution >= 0.6 is 23.2 Å². The van der Waals surface area contributed by atoms with Gasteiger partial charge in [-0.25, -0.2) is 4.79 Å². The van der Waals surface area contributed by atoms with Crippen molar-refractivity contribution in [3.05, 3.63) is 52.5 Å². The van der Waals surface area contributed by atoms with Crippen LogP contribution in [-0.2, 0) is 14.3 Å². The number of hydrogen-bond donors (Lipinski definition) is 1. The van der Waals surface area contributed by atoms with Crippen LogP contribution in [0.1, 0.15) is 6.92 Å². The maximum atomic E-state index is 12.0. The first kappa shape index (κ1) is 19.9. The molecule has 0 saturated heterocycles. The van der Waals surface area contributed by atoms with Crippen molar-refractivity contribution in [2.75, 3.05) is 19.0 Å². The lowest BCUT2D eigenvalue weighted by atomic mass is 10.3. The largest absolute Gasteiger partial charge is 0.497 e. The first-order valence-electron chi connectivity index (χ1n) is 7.61. The summed E-state index contributed by atoms with van der Waals surface area (Å²) in [5, 5.41) is 3.33. The van der Waals surface area contributed by atoms with Gasteiger partial charge in [-0.15, -0.1) is 0 Å². The third-order valence-electron chi connectivity index (χ3n) is 3.25. The minimum Gasteiger partial charge on any atom is -0.497 e. The summed E-state index contributed by atoms with van der Waals surface area (Å²) >= 11 is 11.8. The number of halogens is 2. The number of carbonyl (C=O) groups excluding carboxylic acids is 2. The van der Waals surface area contributed by atoms with E-state index in [1.54, 1.807) is 43.5 Å². The second-order valence-corrected chi connectivity index (χ2v) is 6.06. The molecule has 0 fully saturated rings. The molecule has 0 saturated carbocycles. The van der Waals surface area contributed by atoms with Crippen LogP contribution in [0.15, 0.2) is 42.5 Å². The normalized spacial score (nSPS) is 11.4. The number of ether oxygens (including phenoxy) is 3. The van der Waals surface area contributed by atoms with Gasteiger partial charge in [-0.1, -0.05) is 23.2 Å². The summed E-state index contributed by atoms with van der Waals surface area (Å²) in [6, 6.07) is 11.4. The van der Waals surface area contributed by atoms with Gasteiger partial charge >= 0.3 is 5.97 Å². The third kappa shape index (κ3) is 5.82. The van der Waals surface area contributed by atoms with E-state index in [2.05, 4.69) is 5.32 Å². The van der Waals surface area contributed by atoms with Crippen LogP contribution < -0.4 is 14.8 Å². The predicted molar refractivity (Wildman–Crippen MR) is 99.1 cm³/mol. The van der Waals surface area contributed by atoms with Crippen molar-refractivity contribution in [1.82, 2.24) is 0 Å². The summed E-state index contributed by atoms with van der Waals surface area (Å²) < 4.78 is 15.4. The fourth-order valence-corrected chi connectivity index (χ4v) is 2.39. The summed E-state index contributed by atoms with van der Waals surface area (Å²) in [5.41, 5.74) is 0.559. The first-order valence-corrected chi connectivity index (χ1v) is 8.37. The summed E-state index contributed by atoms with van der Waals surface area (Å²) in [6.45, 7) is 1.06. The standard InChI is InChI=1S/C18H17Cl2NO5/c1-11(26-16-8-3-12(19)9-15(16)20)18(23)25-10-17(22)21-13-4-6-14(24-2)7-5-13/h3-9,11H,10H2,1-2H3,(H,21,22)/t11-/m0/s1. The highest BCUT2D eigenvalue weighted by molar-refractivity contribution is 6.35. The zero-order valence-corrected chi connectivity index (χ0v) is 15.6. The number of rotatable bonds is 7. The minimum atomic E-state index is -0.942. The van der Waals surface area contributed by atoms with Crippen molar-refractivity contribution in [3.63, 3.8) is 0 Å². The van der Waals surface area contributed by atoms with Crippen molar-refractivity contribution in [3.8, 4) is 11.5 Å². The maximum absolute atomic E-state index is 12.0. The molecule has 0 radical (unpaired) electrons. The second kappa shape index (κ2) is 9.31. The van der Waals surface area contributed by atoms with E-state index in [-0.39, 0.29) is 5.02 Å². The highest BCUT2D eigenvalue weighted by Crippen LogP contribution is 2.28. The lowest BCUT2D eigenvalue weighted by Crippen LogP contribution is -2.29. The Hall–Kier alpha value is -2.44. The number of hydrogen-bond acceptors (Lipinski definition) is 5. The van der Waals surface area contributed by atoms with Crippen LogP contribution in [0.4, 0.5) is 5.69 Å². The Labute approximate surface area is 160 Å². The first-order chi connectivity index (χ1) is 12.4. The molecule has 26 heavy (non-hydrogen) atoms. The molecule has 0 aliphatic carbocycles. The molecule has 2 rings (SSSR count). The fraction of sp³-hybridized carbons (Fsp3) is 0.222. The SMILES string of the molecule is COc1ccc(NC(=O)COC(=O)[C@H](C)Oc2ccc(Cl)cc2Cl)cc1. The average Bonchev–Trinajstić information content (AvgIpc) is 2.62. The highest BCUT2D eigenvalue weighted by Gasteiger charge is 2.19. The van der Waals surface area contributed by atoms with Crippen molar-refractivity contribution in [2.24, 2.45) is 0 Å². The molecule has 138 valence electrons. The molecule has 6 nitrogen and oxygen atoms in total. The monoisotopic (exact) mass is 397 g/mol. The Balaban J connectivity index is 1.81. The molecule has 0 aromatic heterocycles. The van der Waals surface area contributed by atoms with Crippen LogP contribution in [0.3, 0.4) is 0 Å². The molecule has 8 heteroatoms. The van der Waals surface area contributed by atoms with Crippen LogP contribution in [0.5, 0.6) is 11.5 Å². The van der Waals surface area contributed by atoms with Gasteiger partial charge in [0, 0.05) is 10.7 Å². The average molecular weight is 398 g/mol. The Bertz CT molecular complexity index is 780. The van der Waals surface area contributed by atoms with Crippen LogP contribution in [0, 0.1) is 0 Å². The van der Waals surface area contributed by atoms with E-state index in [0.717, 1.165) is 0 Å². The van der Waals surface area contributed by atoms with E-state index < -0.39 is 24.6 Å². The van der Waals surface area contributed by atoms with E-state index in [0.29, 0.717) is 22.2 Å². The molecule has 1 amide bonds. The quantitative estimate of drug-likeness (QED) is 0.715. The van der Waals surface area contributed by atoms with Gasteiger partial charge in [0.2, 0.25) is 0 Å². The van der Waals surface area contributed by atoms with Gasteiger partial charge in [-0.05, 0) is 49.4 Å². The summed E-state index contributed by atoms with van der Waals surface area (Å²) in [5.74, 6) is -0.203. The number of amides is 1. The van der Waals surface area contributed by atoms with Crippen LogP contribution in [-0.4, -0.2) is 31.7 Å². The number of carbonyl (C=O) groups is 2. The maximum Gasteiger partial charge on any atom is 0.347 e. The molecular formula is C18H17Cl2NO5. The van der Waals surface area contributed by atoms with E-state index in [4.69, 9.17) is 37.4 Å². The second-order valence-electron chi connectivity index (χ2n) is 5.22. The molecule has 2 aromatic carbocycles. The van der Waals surface area contributed by atoms with E-state index in [9.17, 15) is 9.59 Å². The fourth-order valence-electron chi connectivity index (χ4n) is 1.93. The number of benzene rings is 2. The molecule has 1 N–H and O–H groups in total. The van der Waals surface area contributed by atoms with Crippen molar-refractivity contribution < 1.29 is 23.8 Å². The van der Waals surface area contributed by atoms with Gasteiger partial charge in [0.25, 0.3) is 5.91 Å². The molecule has 1 atom stereocenters. The summed E-state index contributed by atoms with van der Waals surface area (Å²) in [7, 11) is 1.55. The van der Waals surface area contributed by atoms with Crippen LogP contribution in [0.25, 0.3) is 0 Å². The Morgan fingerprint density at radius 3 is 2.42 bits per heavy atom. The van der Waals surface area contributed by atoms with Gasteiger partial charge in [0.05, 0.1) is 12.1 Å². The molecule has 0 spiro atoms. The zero-order valence-electron chi connectivity index (χ0n) is 14.1. The lowest BCUT2D eigenvalue weighted by Gasteiger charge is -2.15. The van der Waals surface area contributed by atoms with E-state index in [1.165, 1.54) is 13.0 Å². The molecule has 0 aliphatic rings. The van der Waals surface area contributed by atoms with Crippen molar-refractivity contribution in [2.45, 2.75) is 13.0 Å². The summed E-state index contributed by atoms with van der Waals surface area (Å²) in [4.78, 5) is 23.8. The molecular weight excluding hydrogens is 381 g/mol. The van der Waals surface area contributed by atoms with Crippen molar-refractivity contribution in [1.29, 1.82) is 0 Å². The van der Waals surface area contributed by atoms with Gasteiger partial charge in [-0.3, -0.25) is 4.79 Å². The number of nitrogens with one attached hydrogen (secondary N) is 1. The Morgan fingerprint density at radius 2 is 1.81 bits per heavy atom. The minimum absolute atomic E-state index is 0.273. The van der Waals surface area contributed by atoms with Gasteiger partial charge in [0.15, 0.2) is 12.7 Å². The number of anilines is 1. The Morgan fingerprint density at radius 1 is 1.12 bits per heavy atom. The Kier molecular flexibility index (Phi) is 7.12. The van der Waals surface area contributed by atoms with E-state index >= 15 is 0 Å². The molecule has 2 aromatic rings. The highest BCUT2D eigenvalue weighted by atomic mass is 35.5. The van der Waals surface area contributed by atoms with Gasteiger partial charge in [-0.2, -0.15) is 0 Å². The molecule has 0 aliphatic heterocycles. The number of esters is 1. The van der Waals surface area contributed by atoms with Crippen molar-refractivity contribution >= 4 is 40.8 Å². The molecule has 0 heterocycles. The van der Waals surface area contributed by atoms with Crippen LogP contribution in [0.2, 0.25) is 10.0 Å². The smallest absolute Gasteiger partial charge is 0.347 e. The van der Waals surface area contributed by atoms with E-state index in [1.807, 2.05) is 0 Å². The topological polar surface area (TPSA) is 73.9 Å². The lowest BCUT2D eigenvalue weighted by molar-refractivity contribution is -0.153. The predicted octanol–water partition coefficient (Wildman–Crippen LogP) is 3.95. The molecule has 0 bridgehead atoms. The third-order valence-corrected chi connectivity index (χ3v) is 3.78. The zero-order chi connectivity index (χ0) is 19.1. The summed E-state index contributed by atoms with van der Waals surface area (Å²) in [6.07, 6.45) is -0.942. The number of methoxy groups -OCH3 is 1. The van der Waals surface area contributed by atoms with Gasteiger partial charge in [0.1, 0.15) is 11.5 Å². The molecule has 0 unspecified atom stereocenters.